The van der Waals surface area contributed by atoms with Gasteiger partial charge in [0, 0.05) is 87.0 Å². The Hall–Kier alpha value is -3.86. The van der Waals surface area contributed by atoms with Gasteiger partial charge in [0.25, 0.3) is 5.56 Å². The normalized spacial score (nSPS) is 15.7. The van der Waals surface area contributed by atoms with Crippen LogP contribution in [0.1, 0.15) is 12.8 Å². The molecular formula is C29H35N7O3S. The minimum atomic E-state index is -0.106. The molecule has 0 radical (unpaired) electrons. The molecule has 0 atom stereocenters. The van der Waals surface area contributed by atoms with Crippen molar-refractivity contribution in [1.82, 2.24) is 24.3 Å². The van der Waals surface area contributed by atoms with Gasteiger partial charge in [-0.2, -0.15) is 16.7 Å². The van der Waals surface area contributed by atoms with E-state index >= 15 is 0 Å². The molecule has 3 aromatic rings. The maximum atomic E-state index is 12.7. The Balaban J connectivity index is 1.20. The predicted molar refractivity (Wildman–Crippen MR) is 160 cm³/mol. The highest BCUT2D eigenvalue weighted by Gasteiger charge is 2.29. The van der Waals surface area contributed by atoms with Crippen molar-refractivity contribution in [1.29, 1.82) is 0 Å². The molecule has 0 aliphatic carbocycles. The Morgan fingerprint density at radius 3 is 2.52 bits per heavy atom. The third-order valence-electron chi connectivity index (χ3n) is 7.57. The standard InChI is InChI=1S/C29H35N7O3S/c1-3-25(37)35-19-21(20-35)10-12-36-27(39)9-4-22-18-30-29(32-28(22)36)31-23-5-7-24(8-6-23)33-13-15-34(16-14-33)26(38)11-17-40-2/h3-9,18,21H,1,10-17,19-20H2,2H3,(H,30,31,32). The number of hydrogen-bond donors (Lipinski definition) is 1. The van der Waals surface area contributed by atoms with Gasteiger partial charge in [0.05, 0.1) is 0 Å². The van der Waals surface area contributed by atoms with Gasteiger partial charge in [0.2, 0.25) is 17.8 Å². The summed E-state index contributed by atoms with van der Waals surface area (Å²) in [6, 6.07) is 11.4. The van der Waals surface area contributed by atoms with Crippen molar-refractivity contribution in [2.45, 2.75) is 19.4 Å². The van der Waals surface area contributed by atoms with E-state index in [1.807, 2.05) is 23.3 Å². The molecule has 1 aromatic carbocycles. The lowest BCUT2D eigenvalue weighted by Gasteiger charge is -2.38. The highest BCUT2D eigenvalue weighted by atomic mass is 32.2. The predicted octanol–water partition coefficient (Wildman–Crippen LogP) is 2.97. The molecule has 5 rings (SSSR count). The molecule has 0 bridgehead atoms. The maximum absolute atomic E-state index is 12.7. The van der Waals surface area contributed by atoms with Crippen molar-refractivity contribution in [3.8, 4) is 0 Å². The first-order chi connectivity index (χ1) is 19.4. The SMILES string of the molecule is C=CC(=O)N1CC(CCn2c(=O)ccc3cnc(Nc4ccc(N5CCN(C(=O)CCSC)CC5)cc4)nc32)C1. The first-order valence-corrected chi connectivity index (χ1v) is 15.0. The number of nitrogens with zero attached hydrogens (tertiary/aromatic N) is 6. The Morgan fingerprint density at radius 1 is 1.07 bits per heavy atom. The molecule has 0 spiro atoms. The van der Waals surface area contributed by atoms with E-state index in [2.05, 4.69) is 38.9 Å². The smallest absolute Gasteiger partial charge is 0.252 e. The average molecular weight is 562 g/mol. The van der Waals surface area contributed by atoms with Gasteiger partial charge in [-0.3, -0.25) is 19.0 Å². The number of hydrogen-bond acceptors (Lipinski definition) is 8. The van der Waals surface area contributed by atoms with Crippen LogP contribution >= 0.6 is 11.8 Å². The summed E-state index contributed by atoms with van der Waals surface area (Å²) in [4.78, 5) is 51.9. The fourth-order valence-corrected chi connectivity index (χ4v) is 5.55. The zero-order valence-electron chi connectivity index (χ0n) is 22.8. The van der Waals surface area contributed by atoms with Crippen LogP contribution in [0.25, 0.3) is 11.0 Å². The molecule has 210 valence electrons. The number of nitrogens with one attached hydrogen (secondary N) is 1. The molecule has 10 nitrogen and oxygen atoms in total. The lowest BCUT2D eigenvalue weighted by Crippen LogP contribution is -2.49. The van der Waals surface area contributed by atoms with Crippen LogP contribution in [-0.4, -0.2) is 87.4 Å². The van der Waals surface area contributed by atoms with E-state index in [4.69, 9.17) is 0 Å². The monoisotopic (exact) mass is 561 g/mol. The highest BCUT2D eigenvalue weighted by molar-refractivity contribution is 7.98. The number of fused-ring (bicyclic) bond motifs is 1. The molecule has 2 aromatic heterocycles. The van der Waals surface area contributed by atoms with Crippen LogP contribution in [0.15, 0.2) is 60.0 Å². The number of pyridine rings is 1. The van der Waals surface area contributed by atoms with Gasteiger partial charge in [0.1, 0.15) is 5.65 Å². The molecular weight excluding hydrogens is 526 g/mol. The second-order valence-electron chi connectivity index (χ2n) is 10.2. The molecule has 2 amide bonds. The van der Waals surface area contributed by atoms with Crippen LogP contribution in [0.3, 0.4) is 0 Å². The van der Waals surface area contributed by atoms with Gasteiger partial charge in [-0.1, -0.05) is 6.58 Å². The number of amides is 2. The number of carbonyl (C=O) groups excluding carboxylic acids is 2. The largest absolute Gasteiger partial charge is 0.368 e. The number of likely N-dealkylation sites (tertiary alicyclic amines) is 1. The molecule has 2 saturated heterocycles. The van der Waals surface area contributed by atoms with Crippen LogP contribution in [0, 0.1) is 5.92 Å². The highest BCUT2D eigenvalue weighted by Crippen LogP contribution is 2.23. The summed E-state index contributed by atoms with van der Waals surface area (Å²) in [7, 11) is 0. The number of benzene rings is 1. The van der Waals surface area contributed by atoms with E-state index in [9.17, 15) is 14.4 Å². The summed E-state index contributed by atoms with van der Waals surface area (Å²) < 4.78 is 1.69. The van der Waals surface area contributed by atoms with Crippen molar-refractivity contribution in [2.75, 3.05) is 61.5 Å². The number of rotatable bonds is 10. The van der Waals surface area contributed by atoms with Crippen LogP contribution < -0.4 is 15.8 Å². The number of anilines is 3. The van der Waals surface area contributed by atoms with Crippen LogP contribution in [0.4, 0.5) is 17.3 Å². The van der Waals surface area contributed by atoms with Gasteiger partial charge < -0.3 is 20.0 Å². The third kappa shape index (κ3) is 6.30. The van der Waals surface area contributed by atoms with Gasteiger partial charge >= 0.3 is 0 Å². The molecule has 40 heavy (non-hydrogen) atoms. The Morgan fingerprint density at radius 2 is 1.82 bits per heavy atom. The number of carbonyl (C=O) groups is 2. The Kier molecular flexibility index (Phi) is 8.69. The van der Waals surface area contributed by atoms with Crippen LogP contribution in [0.2, 0.25) is 0 Å². The van der Waals surface area contributed by atoms with Crippen molar-refractivity contribution < 1.29 is 9.59 Å². The van der Waals surface area contributed by atoms with Crippen molar-refractivity contribution in [3.05, 3.63) is 65.6 Å². The van der Waals surface area contributed by atoms with Crippen LogP contribution in [0.5, 0.6) is 0 Å². The fourth-order valence-electron chi connectivity index (χ4n) is 5.17. The zero-order chi connectivity index (χ0) is 28.1. The van der Waals surface area contributed by atoms with E-state index < -0.39 is 0 Å². The number of aryl methyl sites for hydroxylation is 1. The van der Waals surface area contributed by atoms with E-state index in [1.54, 1.807) is 39.6 Å². The van der Waals surface area contributed by atoms with E-state index in [0.29, 0.717) is 43.6 Å². The second-order valence-corrected chi connectivity index (χ2v) is 11.2. The molecule has 11 heteroatoms. The number of piperazine rings is 1. The van der Waals surface area contributed by atoms with Gasteiger partial charge in [0.15, 0.2) is 0 Å². The zero-order valence-corrected chi connectivity index (χ0v) is 23.6. The minimum Gasteiger partial charge on any atom is -0.368 e. The molecule has 4 heterocycles. The lowest BCUT2D eigenvalue weighted by atomic mass is 9.96. The number of aromatic nitrogens is 3. The molecule has 0 saturated carbocycles. The van der Waals surface area contributed by atoms with Crippen molar-refractivity contribution >= 4 is 51.9 Å². The molecule has 2 fully saturated rings. The van der Waals surface area contributed by atoms with Crippen LogP contribution in [-0.2, 0) is 16.1 Å². The summed E-state index contributed by atoms with van der Waals surface area (Å²) >= 11 is 1.70. The first kappa shape index (κ1) is 27.7. The van der Waals surface area contributed by atoms with E-state index in [-0.39, 0.29) is 17.4 Å². The van der Waals surface area contributed by atoms with E-state index in [0.717, 1.165) is 55.1 Å². The number of thioether (sulfide) groups is 1. The Bertz CT molecular complexity index is 1430. The molecule has 0 unspecified atom stereocenters. The maximum Gasteiger partial charge on any atom is 0.252 e. The summed E-state index contributed by atoms with van der Waals surface area (Å²) in [5.74, 6) is 1.83. The summed E-state index contributed by atoms with van der Waals surface area (Å²) in [5.41, 5.74) is 2.44. The topological polar surface area (TPSA) is 104 Å². The Labute approximate surface area is 238 Å². The van der Waals surface area contributed by atoms with Gasteiger partial charge in [-0.05, 0) is 55.0 Å². The van der Waals surface area contributed by atoms with E-state index in [1.165, 1.54) is 6.08 Å². The lowest BCUT2D eigenvalue weighted by molar-refractivity contribution is -0.132. The molecule has 1 N–H and O–H groups in total. The molecule has 2 aliphatic rings. The summed E-state index contributed by atoms with van der Waals surface area (Å²) in [6.07, 6.45) is 6.47. The summed E-state index contributed by atoms with van der Waals surface area (Å²) in [6.45, 7) is 8.55. The van der Waals surface area contributed by atoms with Crippen molar-refractivity contribution in [3.63, 3.8) is 0 Å². The minimum absolute atomic E-state index is 0.0498. The quantitative estimate of drug-likeness (QED) is 0.377. The summed E-state index contributed by atoms with van der Waals surface area (Å²) in [5, 5.41) is 4.06. The van der Waals surface area contributed by atoms with Gasteiger partial charge in [-0.15, -0.1) is 0 Å². The average Bonchev–Trinajstić information content (AvgIpc) is 2.96. The first-order valence-electron chi connectivity index (χ1n) is 13.6. The fraction of sp³-hybridized carbons (Fsp3) is 0.414. The van der Waals surface area contributed by atoms with Gasteiger partial charge in [-0.25, -0.2) is 4.98 Å². The third-order valence-corrected chi connectivity index (χ3v) is 8.18. The van der Waals surface area contributed by atoms with Crippen molar-refractivity contribution in [2.24, 2.45) is 5.92 Å². The second kappa shape index (κ2) is 12.5. The molecule has 2 aliphatic heterocycles.